The van der Waals surface area contributed by atoms with Crippen molar-refractivity contribution in [3.8, 4) is 0 Å². The fourth-order valence-electron chi connectivity index (χ4n) is 1.45. The van der Waals surface area contributed by atoms with E-state index in [1.165, 1.54) is 14.2 Å². The zero-order valence-electron chi connectivity index (χ0n) is 10.8. The van der Waals surface area contributed by atoms with Crippen molar-refractivity contribution in [2.24, 2.45) is 5.92 Å². The fourth-order valence-corrected chi connectivity index (χ4v) is 2.72. The molecular weight excluding hydrogens is 224 g/mol. The fraction of sp³-hybridized carbons (Fsp3) is 0.818. The van der Waals surface area contributed by atoms with Gasteiger partial charge >= 0.3 is 11.9 Å². The lowest BCUT2D eigenvalue weighted by Crippen LogP contribution is -2.27. The summed E-state index contributed by atoms with van der Waals surface area (Å²) >= 11 is 0. The molecule has 0 unspecified atom stereocenters. The lowest BCUT2D eigenvalue weighted by molar-refractivity contribution is -0.159. The molecule has 4 nitrogen and oxygen atoms in total. The lowest BCUT2D eigenvalue weighted by Gasteiger charge is -2.17. The molecule has 0 aliphatic rings. The van der Waals surface area contributed by atoms with Crippen LogP contribution in [0.2, 0.25) is 25.7 Å². The molecule has 0 rings (SSSR count). The van der Waals surface area contributed by atoms with E-state index in [2.05, 4.69) is 29.1 Å². The maximum atomic E-state index is 11.4. The quantitative estimate of drug-likeness (QED) is 0.409. The average Bonchev–Trinajstić information content (AvgIpc) is 2.21. The van der Waals surface area contributed by atoms with Gasteiger partial charge in [0.1, 0.15) is 0 Å². The number of ether oxygens (including phenoxy) is 2. The third-order valence-corrected chi connectivity index (χ3v) is 4.24. The standard InChI is InChI=1S/C11H22O4Si/c1-14-10(12)9(11(13)15-2)7-6-8-16(3,4)5/h9H,6-8H2,1-5H3. The highest BCUT2D eigenvalue weighted by atomic mass is 28.3. The van der Waals surface area contributed by atoms with Gasteiger partial charge < -0.3 is 9.47 Å². The molecule has 0 fully saturated rings. The molecule has 0 bridgehead atoms. The number of rotatable bonds is 6. The largest absolute Gasteiger partial charge is 0.468 e. The van der Waals surface area contributed by atoms with Crippen LogP contribution in [0.3, 0.4) is 0 Å². The Balaban J connectivity index is 4.24. The molecule has 0 saturated heterocycles. The van der Waals surface area contributed by atoms with E-state index in [0.29, 0.717) is 6.42 Å². The summed E-state index contributed by atoms with van der Waals surface area (Å²) in [6, 6.07) is 1.09. The van der Waals surface area contributed by atoms with Gasteiger partial charge in [-0.1, -0.05) is 32.1 Å². The van der Waals surface area contributed by atoms with Gasteiger partial charge in [0, 0.05) is 8.07 Å². The maximum absolute atomic E-state index is 11.4. The highest BCUT2D eigenvalue weighted by Crippen LogP contribution is 2.18. The van der Waals surface area contributed by atoms with Crippen LogP contribution in [0.4, 0.5) is 0 Å². The van der Waals surface area contributed by atoms with Crippen LogP contribution in [-0.2, 0) is 19.1 Å². The third-order valence-electron chi connectivity index (χ3n) is 2.39. The summed E-state index contributed by atoms with van der Waals surface area (Å²) in [5.74, 6) is -1.75. The molecular formula is C11H22O4Si. The van der Waals surface area contributed by atoms with Crippen LogP contribution in [0.5, 0.6) is 0 Å². The number of carbonyl (C=O) groups excluding carboxylic acids is 2. The Morgan fingerprint density at radius 1 is 1.06 bits per heavy atom. The lowest BCUT2D eigenvalue weighted by atomic mass is 10.0. The molecule has 0 aromatic heterocycles. The minimum Gasteiger partial charge on any atom is -0.468 e. The molecule has 5 heteroatoms. The number of carbonyl (C=O) groups is 2. The second-order valence-electron chi connectivity index (χ2n) is 5.05. The van der Waals surface area contributed by atoms with Crippen molar-refractivity contribution in [2.75, 3.05) is 14.2 Å². The summed E-state index contributed by atoms with van der Waals surface area (Å²) < 4.78 is 9.18. The molecule has 0 aliphatic heterocycles. The molecule has 16 heavy (non-hydrogen) atoms. The minimum atomic E-state index is -1.12. The smallest absolute Gasteiger partial charge is 0.320 e. The van der Waals surface area contributed by atoms with Crippen molar-refractivity contribution in [3.05, 3.63) is 0 Å². The molecule has 0 amide bonds. The van der Waals surface area contributed by atoms with Gasteiger partial charge in [0.25, 0.3) is 0 Å². The number of hydrogen-bond acceptors (Lipinski definition) is 4. The predicted octanol–water partition coefficient (Wildman–Crippen LogP) is 2.07. The van der Waals surface area contributed by atoms with E-state index >= 15 is 0 Å². The second kappa shape index (κ2) is 6.68. The minimum absolute atomic E-state index is 0.498. The maximum Gasteiger partial charge on any atom is 0.320 e. The van der Waals surface area contributed by atoms with Crippen LogP contribution < -0.4 is 0 Å². The summed E-state index contributed by atoms with van der Waals surface area (Å²) in [5, 5.41) is 0. The van der Waals surface area contributed by atoms with Gasteiger partial charge in [-0.3, -0.25) is 9.59 Å². The average molecular weight is 246 g/mol. The molecule has 0 heterocycles. The first-order valence-electron chi connectivity index (χ1n) is 5.47. The van der Waals surface area contributed by atoms with E-state index in [-0.39, 0.29) is 0 Å². The van der Waals surface area contributed by atoms with Crippen LogP contribution in [0.25, 0.3) is 0 Å². The van der Waals surface area contributed by atoms with Crippen molar-refractivity contribution in [1.29, 1.82) is 0 Å². The molecule has 0 spiro atoms. The van der Waals surface area contributed by atoms with Crippen molar-refractivity contribution in [2.45, 2.75) is 38.5 Å². The van der Waals surface area contributed by atoms with Gasteiger partial charge in [-0.25, -0.2) is 0 Å². The molecule has 0 aromatic rings. The highest BCUT2D eigenvalue weighted by molar-refractivity contribution is 6.76. The van der Waals surface area contributed by atoms with E-state index < -0.39 is 25.9 Å². The van der Waals surface area contributed by atoms with Crippen molar-refractivity contribution in [1.82, 2.24) is 0 Å². The first kappa shape index (κ1) is 15.2. The molecule has 0 atom stereocenters. The number of esters is 2. The van der Waals surface area contributed by atoms with Gasteiger partial charge in [0.2, 0.25) is 0 Å². The van der Waals surface area contributed by atoms with E-state index in [1.807, 2.05) is 0 Å². The Morgan fingerprint density at radius 3 is 1.81 bits per heavy atom. The molecule has 0 aliphatic carbocycles. The summed E-state index contributed by atoms with van der Waals surface area (Å²) in [6.45, 7) is 6.79. The Hall–Kier alpha value is -0.843. The molecule has 0 aromatic carbocycles. The second-order valence-corrected chi connectivity index (χ2v) is 10.7. The van der Waals surface area contributed by atoms with Gasteiger partial charge in [0.05, 0.1) is 14.2 Å². The third kappa shape index (κ3) is 5.90. The molecule has 94 valence electrons. The number of methoxy groups -OCH3 is 2. The van der Waals surface area contributed by atoms with Crippen molar-refractivity contribution >= 4 is 20.0 Å². The molecule has 0 saturated carbocycles. The van der Waals surface area contributed by atoms with Crippen LogP contribution in [0.15, 0.2) is 0 Å². The van der Waals surface area contributed by atoms with Crippen LogP contribution in [0.1, 0.15) is 12.8 Å². The predicted molar refractivity (Wildman–Crippen MR) is 64.9 cm³/mol. The summed E-state index contributed by atoms with van der Waals surface area (Å²) in [5.41, 5.74) is 0. The van der Waals surface area contributed by atoms with Gasteiger partial charge in [-0.2, -0.15) is 0 Å². The van der Waals surface area contributed by atoms with Crippen molar-refractivity contribution < 1.29 is 19.1 Å². The molecule has 0 radical (unpaired) electrons. The van der Waals surface area contributed by atoms with Crippen LogP contribution in [-0.4, -0.2) is 34.2 Å². The Kier molecular flexibility index (Phi) is 6.33. The number of hydrogen-bond donors (Lipinski definition) is 0. The van der Waals surface area contributed by atoms with E-state index in [9.17, 15) is 9.59 Å². The van der Waals surface area contributed by atoms with E-state index in [1.54, 1.807) is 0 Å². The van der Waals surface area contributed by atoms with Gasteiger partial charge in [-0.15, -0.1) is 0 Å². The Labute approximate surface area is 98.3 Å². The Bertz CT molecular complexity index is 229. The summed E-state index contributed by atoms with van der Waals surface area (Å²) in [6.07, 6.45) is 1.38. The summed E-state index contributed by atoms with van der Waals surface area (Å²) in [4.78, 5) is 22.7. The normalized spacial score (nSPS) is 11.4. The molecule has 0 N–H and O–H groups in total. The van der Waals surface area contributed by atoms with E-state index in [0.717, 1.165) is 12.5 Å². The van der Waals surface area contributed by atoms with Crippen LogP contribution in [0, 0.1) is 5.92 Å². The highest BCUT2D eigenvalue weighted by Gasteiger charge is 2.28. The zero-order chi connectivity index (χ0) is 12.8. The van der Waals surface area contributed by atoms with Gasteiger partial charge in [-0.05, 0) is 6.42 Å². The summed E-state index contributed by atoms with van der Waals surface area (Å²) in [7, 11) is 1.46. The first-order chi connectivity index (χ1) is 7.31. The first-order valence-corrected chi connectivity index (χ1v) is 9.18. The Morgan fingerprint density at radius 2 is 1.50 bits per heavy atom. The van der Waals surface area contributed by atoms with Crippen molar-refractivity contribution in [3.63, 3.8) is 0 Å². The SMILES string of the molecule is COC(=O)C(CCC[Si](C)(C)C)C(=O)OC. The van der Waals surface area contributed by atoms with Gasteiger partial charge in [0.15, 0.2) is 5.92 Å². The van der Waals surface area contributed by atoms with Crippen LogP contribution >= 0.6 is 0 Å². The van der Waals surface area contributed by atoms with E-state index in [4.69, 9.17) is 0 Å². The topological polar surface area (TPSA) is 52.6 Å². The monoisotopic (exact) mass is 246 g/mol. The zero-order valence-corrected chi connectivity index (χ0v) is 11.8.